The summed E-state index contributed by atoms with van der Waals surface area (Å²) in [5.41, 5.74) is 6.09. The third kappa shape index (κ3) is 2.64. The van der Waals surface area contributed by atoms with Gasteiger partial charge in [0, 0.05) is 22.0 Å². The third-order valence-electron chi connectivity index (χ3n) is 2.03. The van der Waals surface area contributed by atoms with Gasteiger partial charge in [0.25, 0.3) is 0 Å². The van der Waals surface area contributed by atoms with Crippen molar-refractivity contribution in [1.29, 1.82) is 5.41 Å². The SMILES string of the molecule is Cn1nnnc1Sc1ccc(C(=N)N)cc1Br. The molecular formula is C9H9BrN6S. The number of halogens is 1. The predicted octanol–water partition coefficient (Wildman–Crippen LogP) is 1.41. The number of hydrogen-bond acceptors (Lipinski definition) is 5. The van der Waals surface area contributed by atoms with Crippen LogP contribution in [-0.4, -0.2) is 26.0 Å². The molecule has 1 aromatic carbocycles. The van der Waals surface area contributed by atoms with E-state index in [0.29, 0.717) is 10.7 Å². The Kier molecular flexibility index (Phi) is 3.43. The van der Waals surface area contributed by atoms with Gasteiger partial charge in [-0.05, 0) is 50.3 Å². The van der Waals surface area contributed by atoms with E-state index in [2.05, 4.69) is 31.5 Å². The Balaban J connectivity index is 2.29. The number of nitrogens with two attached hydrogens (primary N) is 1. The number of nitrogens with one attached hydrogen (secondary N) is 1. The van der Waals surface area contributed by atoms with Crippen LogP contribution in [0.15, 0.2) is 32.7 Å². The Morgan fingerprint density at radius 1 is 1.53 bits per heavy atom. The molecule has 3 N–H and O–H groups in total. The van der Waals surface area contributed by atoms with Crippen LogP contribution in [-0.2, 0) is 7.05 Å². The minimum atomic E-state index is 0.0441. The van der Waals surface area contributed by atoms with E-state index < -0.39 is 0 Å². The highest BCUT2D eigenvalue weighted by Crippen LogP contribution is 2.32. The fraction of sp³-hybridized carbons (Fsp3) is 0.111. The summed E-state index contributed by atoms with van der Waals surface area (Å²) in [6.07, 6.45) is 0. The van der Waals surface area contributed by atoms with Crippen molar-refractivity contribution in [2.45, 2.75) is 10.1 Å². The second-order valence-corrected chi connectivity index (χ2v) is 5.11. The summed E-state index contributed by atoms with van der Waals surface area (Å²) in [4.78, 5) is 0.966. The number of aromatic nitrogens is 4. The normalized spacial score (nSPS) is 10.5. The van der Waals surface area contributed by atoms with Crippen LogP contribution in [0.25, 0.3) is 0 Å². The average molecular weight is 313 g/mol. The highest BCUT2D eigenvalue weighted by atomic mass is 79.9. The zero-order chi connectivity index (χ0) is 12.4. The largest absolute Gasteiger partial charge is 0.384 e. The molecule has 0 bridgehead atoms. The van der Waals surface area contributed by atoms with E-state index in [1.807, 2.05) is 6.07 Å². The molecule has 0 aliphatic rings. The van der Waals surface area contributed by atoms with Crippen molar-refractivity contribution in [3.05, 3.63) is 28.2 Å². The molecule has 0 aliphatic heterocycles. The zero-order valence-electron chi connectivity index (χ0n) is 8.88. The summed E-state index contributed by atoms with van der Waals surface area (Å²) in [5.74, 6) is 0.0441. The Bertz CT molecular complexity index is 566. The molecule has 2 rings (SSSR count). The van der Waals surface area contributed by atoms with Crippen molar-refractivity contribution in [1.82, 2.24) is 20.2 Å². The topological polar surface area (TPSA) is 93.5 Å². The third-order valence-corrected chi connectivity index (χ3v) is 4.05. The maximum absolute atomic E-state index is 7.35. The van der Waals surface area contributed by atoms with Gasteiger partial charge in [0.2, 0.25) is 5.16 Å². The lowest BCUT2D eigenvalue weighted by atomic mass is 10.2. The number of aryl methyl sites for hydroxylation is 1. The van der Waals surface area contributed by atoms with E-state index in [1.54, 1.807) is 23.9 Å². The van der Waals surface area contributed by atoms with E-state index in [1.165, 1.54) is 11.8 Å². The second kappa shape index (κ2) is 4.84. The van der Waals surface area contributed by atoms with E-state index in [-0.39, 0.29) is 5.84 Å². The zero-order valence-corrected chi connectivity index (χ0v) is 11.3. The summed E-state index contributed by atoms with van der Waals surface area (Å²) >= 11 is 4.87. The molecule has 88 valence electrons. The highest BCUT2D eigenvalue weighted by molar-refractivity contribution is 9.10. The van der Waals surface area contributed by atoms with Crippen LogP contribution < -0.4 is 5.73 Å². The van der Waals surface area contributed by atoms with Gasteiger partial charge in [-0.25, -0.2) is 4.68 Å². The van der Waals surface area contributed by atoms with Gasteiger partial charge < -0.3 is 5.73 Å². The number of tetrazole rings is 1. The summed E-state index contributed by atoms with van der Waals surface area (Å²) < 4.78 is 2.45. The Morgan fingerprint density at radius 2 is 2.29 bits per heavy atom. The van der Waals surface area contributed by atoms with Crippen molar-refractivity contribution >= 4 is 33.5 Å². The summed E-state index contributed by atoms with van der Waals surface area (Å²) in [5, 5.41) is 19.2. The molecule has 0 radical (unpaired) electrons. The average Bonchev–Trinajstić information content (AvgIpc) is 2.67. The number of amidine groups is 1. The number of benzene rings is 1. The Morgan fingerprint density at radius 3 is 2.82 bits per heavy atom. The lowest BCUT2D eigenvalue weighted by Crippen LogP contribution is -2.10. The van der Waals surface area contributed by atoms with Gasteiger partial charge in [0.05, 0.1) is 0 Å². The molecule has 1 aromatic heterocycles. The van der Waals surface area contributed by atoms with Gasteiger partial charge in [-0.1, -0.05) is 6.07 Å². The number of rotatable bonds is 3. The second-order valence-electron chi connectivity index (χ2n) is 3.25. The smallest absolute Gasteiger partial charge is 0.213 e. The van der Waals surface area contributed by atoms with E-state index in [4.69, 9.17) is 11.1 Å². The molecule has 0 aliphatic carbocycles. The van der Waals surface area contributed by atoms with E-state index in [9.17, 15) is 0 Å². The number of nitrogen functional groups attached to an aromatic ring is 1. The van der Waals surface area contributed by atoms with Crippen LogP contribution in [0.2, 0.25) is 0 Å². The van der Waals surface area contributed by atoms with Crippen molar-refractivity contribution in [2.75, 3.05) is 0 Å². The molecule has 6 nitrogen and oxygen atoms in total. The van der Waals surface area contributed by atoms with Gasteiger partial charge >= 0.3 is 0 Å². The highest BCUT2D eigenvalue weighted by Gasteiger charge is 2.09. The standard InChI is InChI=1S/C9H9BrN6S/c1-16-9(13-14-15-16)17-7-3-2-5(8(11)12)4-6(7)10/h2-4H,1H3,(H3,11,12). The minimum absolute atomic E-state index is 0.0441. The molecule has 0 saturated carbocycles. The van der Waals surface area contributed by atoms with E-state index >= 15 is 0 Å². The molecule has 17 heavy (non-hydrogen) atoms. The fourth-order valence-corrected chi connectivity index (χ4v) is 2.51. The van der Waals surface area contributed by atoms with Gasteiger partial charge in [-0.3, -0.25) is 5.41 Å². The molecule has 0 saturated heterocycles. The lowest BCUT2D eigenvalue weighted by Gasteiger charge is -2.05. The van der Waals surface area contributed by atoms with Gasteiger partial charge in [-0.2, -0.15) is 0 Å². The van der Waals surface area contributed by atoms with Crippen LogP contribution in [0.3, 0.4) is 0 Å². The van der Waals surface area contributed by atoms with Crippen LogP contribution in [0.1, 0.15) is 5.56 Å². The van der Waals surface area contributed by atoms with Crippen LogP contribution >= 0.6 is 27.7 Å². The first-order valence-corrected chi connectivity index (χ1v) is 6.23. The van der Waals surface area contributed by atoms with Crippen LogP contribution in [0.4, 0.5) is 0 Å². The fourth-order valence-electron chi connectivity index (χ4n) is 1.16. The molecule has 2 aromatic rings. The first-order valence-electron chi connectivity index (χ1n) is 4.62. The van der Waals surface area contributed by atoms with Crippen molar-refractivity contribution in [2.24, 2.45) is 12.8 Å². The van der Waals surface area contributed by atoms with Gasteiger partial charge in [-0.15, -0.1) is 5.10 Å². The quantitative estimate of drug-likeness (QED) is 0.660. The molecule has 1 heterocycles. The summed E-state index contributed by atoms with van der Waals surface area (Å²) in [6, 6.07) is 5.47. The molecule has 8 heteroatoms. The molecule has 0 unspecified atom stereocenters. The lowest BCUT2D eigenvalue weighted by molar-refractivity contribution is 0.664. The molecule has 0 spiro atoms. The summed E-state index contributed by atoms with van der Waals surface area (Å²) in [7, 11) is 1.78. The van der Waals surface area contributed by atoms with Crippen LogP contribution in [0.5, 0.6) is 0 Å². The Labute approximate surface area is 110 Å². The number of hydrogen-bond donors (Lipinski definition) is 2. The van der Waals surface area contributed by atoms with Gasteiger partial charge in [0.1, 0.15) is 5.84 Å². The minimum Gasteiger partial charge on any atom is -0.384 e. The monoisotopic (exact) mass is 312 g/mol. The maximum atomic E-state index is 7.35. The van der Waals surface area contributed by atoms with Gasteiger partial charge in [0.15, 0.2) is 0 Å². The summed E-state index contributed by atoms with van der Waals surface area (Å²) in [6.45, 7) is 0. The van der Waals surface area contributed by atoms with E-state index in [0.717, 1.165) is 9.37 Å². The first kappa shape index (κ1) is 12.1. The molecule has 0 amide bonds. The number of nitrogens with zero attached hydrogens (tertiary/aromatic N) is 4. The Hall–Kier alpha value is -1.41. The van der Waals surface area contributed by atoms with Crippen molar-refractivity contribution < 1.29 is 0 Å². The first-order chi connectivity index (χ1) is 8.08. The van der Waals surface area contributed by atoms with Crippen molar-refractivity contribution in [3.8, 4) is 0 Å². The molecular weight excluding hydrogens is 304 g/mol. The molecule has 0 fully saturated rings. The predicted molar refractivity (Wildman–Crippen MR) is 68.1 cm³/mol. The van der Waals surface area contributed by atoms with Crippen LogP contribution in [0, 0.1) is 5.41 Å². The van der Waals surface area contributed by atoms with Crippen molar-refractivity contribution in [3.63, 3.8) is 0 Å². The maximum Gasteiger partial charge on any atom is 0.213 e. The molecule has 0 atom stereocenters.